The number of hydrogen-bond acceptors (Lipinski definition) is 3. The summed E-state index contributed by atoms with van der Waals surface area (Å²) in [6, 6.07) is 5.57. The van der Waals surface area contributed by atoms with Crippen LogP contribution in [-0.4, -0.2) is 13.4 Å². The van der Waals surface area contributed by atoms with Crippen molar-refractivity contribution in [3.8, 4) is 5.75 Å². The summed E-state index contributed by atoms with van der Waals surface area (Å²) in [6.45, 7) is 0. The Bertz CT molecular complexity index is 490. The third-order valence-corrected chi connectivity index (χ3v) is 3.75. The van der Waals surface area contributed by atoms with E-state index in [2.05, 4.69) is 15.9 Å². The van der Waals surface area contributed by atoms with Crippen molar-refractivity contribution in [1.82, 2.24) is 0 Å². The second-order valence-corrected chi connectivity index (χ2v) is 5.15. The second-order valence-electron chi connectivity index (χ2n) is 2.78. The summed E-state index contributed by atoms with van der Waals surface area (Å²) >= 11 is 5.02. The van der Waals surface area contributed by atoms with Gasteiger partial charge < -0.3 is 4.74 Å². The van der Waals surface area contributed by atoms with Crippen LogP contribution in [0.1, 0.15) is 10.4 Å². The van der Waals surface area contributed by atoms with Crippen LogP contribution in [0.5, 0.6) is 5.75 Å². The van der Waals surface area contributed by atoms with Gasteiger partial charge in [0.15, 0.2) is 5.75 Å². The largest absolute Gasteiger partial charge is 0.494 e. The summed E-state index contributed by atoms with van der Waals surface area (Å²) in [5.74, 6) is 0.800. The maximum Gasteiger partial charge on any atom is 0.151 e. The highest BCUT2D eigenvalue weighted by atomic mass is 79.9. The number of carbonyl (C=O) groups is 1. The molecule has 1 aromatic carbocycles. The van der Waals surface area contributed by atoms with Crippen LogP contribution >= 0.6 is 27.3 Å². The summed E-state index contributed by atoms with van der Waals surface area (Å²) in [5, 5.41) is 0.981. The topological polar surface area (TPSA) is 26.3 Å². The van der Waals surface area contributed by atoms with E-state index < -0.39 is 0 Å². The average Bonchev–Trinajstić information content (AvgIpc) is 2.52. The smallest absolute Gasteiger partial charge is 0.151 e. The summed E-state index contributed by atoms with van der Waals surface area (Å²) < 4.78 is 7.31. The van der Waals surface area contributed by atoms with Gasteiger partial charge >= 0.3 is 0 Å². The molecule has 4 heteroatoms. The zero-order chi connectivity index (χ0) is 10.1. The highest BCUT2D eigenvalue weighted by Crippen LogP contribution is 2.41. The number of hydrogen-bond donors (Lipinski definition) is 0. The van der Waals surface area contributed by atoms with E-state index in [1.54, 1.807) is 24.5 Å². The Balaban J connectivity index is 2.77. The van der Waals surface area contributed by atoms with Crippen molar-refractivity contribution in [2.75, 3.05) is 7.11 Å². The highest BCUT2D eigenvalue weighted by molar-refractivity contribution is 9.11. The fourth-order valence-corrected chi connectivity index (χ4v) is 3.10. The Labute approximate surface area is 93.6 Å². The molecule has 0 saturated carbocycles. The Hall–Kier alpha value is -0.870. The number of ether oxygens (including phenoxy) is 1. The lowest BCUT2D eigenvalue weighted by Crippen LogP contribution is -1.82. The van der Waals surface area contributed by atoms with Gasteiger partial charge in [-0.25, -0.2) is 0 Å². The van der Waals surface area contributed by atoms with Crippen molar-refractivity contribution in [2.24, 2.45) is 0 Å². The Morgan fingerprint density at radius 3 is 2.93 bits per heavy atom. The zero-order valence-electron chi connectivity index (χ0n) is 7.41. The number of methoxy groups -OCH3 is 1. The van der Waals surface area contributed by atoms with Crippen molar-refractivity contribution in [3.05, 3.63) is 27.5 Å². The predicted molar refractivity (Wildman–Crippen MR) is 61.5 cm³/mol. The SMILES string of the molecule is COc1c(Br)sc2ccc(C=O)cc12. The molecule has 2 rings (SSSR count). The molecule has 0 aliphatic rings. The molecule has 0 aliphatic heterocycles. The minimum Gasteiger partial charge on any atom is -0.494 e. The summed E-state index contributed by atoms with van der Waals surface area (Å²) in [6.07, 6.45) is 0.838. The van der Waals surface area contributed by atoms with E-state index in [-0.39, 0.29) is 0 Å². The maximum atomic E-state index is 10.6. The first-order chi connectivity index (χ1) is 6.76. The van der Waals surface area contributed by atoms with Crippen molar-refractivity contribution in [3.63, 3.8) is 0 Å². The highest BCUT2D eigenvalue weighted by Gasteiger charge is 2.10. The minimum absolute atomic E-state index is 0.668. The van der Waals surface area contributed by atoms with Gasteiger partial charge in [-0.05, 0) is 28.1 Å². The van der Waals surface area contributed by atoms with Gasteiger partial charge in [0.05, 0.1) is 7.11 Å². The van der Waals surface area contributed by atoms with Gasteiger partial charge in [-0.3, -0.25) is 4.79 Å². The van der Waals surface area contributed by atoms with Crippen LogP contribution < -0.4 is 4.74 Å². The van der Waals surface area contributed by atoms with Gasteiger partial charge in [0.1, 0.15) is 10.1 Å². The van der Waals surface area contributed by atoms with Crippen LogP contribution in [0.25, 0.3) is 10.1 Å². The quantitative estimate of drug-likeness (QED) is 0.781. The van der Waals surface area contributed by atoms with E-state index in [4.69, 9.17) is 4.74 Å². The molecule has 1 aromatic heterocycles. The summed E-state index contributed by atoms with van der Waals surface area (Å²) in [5.41, 5.74) is 0.668. The molecule has 0 spiro atoms. The third-order valence-electron chi connectivity index (χ3n) is 1.97. The van der Waals surface area contributed by atoms with E-state index >= 15 is 0 Å². The normalized spacial score (nSPS) is 10.4. The van der Waals surface area contributed by atoms with Crippen LogP contribution in [0, 0.1) is 0 Å². The van der Waals surface area contributed by atoms with Crippen LogP contribution in [-0.2, 0) is 0 Å². The molecule has 2 aromatic rings. The molecule has 0 aliphatic carbocycles. The van der Waals surface area contributed by atoms with Crippen LogP contribution in [0.15, 0.2) is 22.0 Å². The van der Waals surface area contributed by atoms with E-state index in [0.29, 0.717) is 5.56 Å². The minimum atomic E-state index is 0.668. The number of carbonyl (C=O) groups excluding carboxylic acids is 1. The van der Waals surface area contributed by atoms with Gasteiger partial charge in [-0.15, -0.1) is 11.3 Å². The average molecular weight is 271 g/mol. The monoisotopic (exact) mass is 270 g/mol. The number of rotatable bonds is 2. The molecule has 0 radical (unpaired) electrons. The third kappa shape index (κ3) is 1.44. The Morgan fingerprint density at radius 2 is 2.29 bits per heavy atom. The lowest BCUT2D eigenvalue weighted by molar-refractivity contribution is 0.112. The molecule has 72 valence electrons. The molecule has 1 heterocycles. The van der Waals surface area contributed by atoms with Crippen LogP contribution in [0.2, 0.25) is 0 Å². The van der Waals surface area contributed by atoms with E-state index in [1.165, 1.54) is 0 Å². The molecular formula is C10H7BrO2S. The Morgan fingerprint density at radius 1 is 1.50 bits per heavy atom. The van der Waals surface area contributed by atoms with Crippen molar-refractivity contribution in [2.45, 2.75) is 0 Å². The molecule has 0 N–H and O–H groups in total. The van der Waals surface area contributed by atoms with Gasteiger partial charge in [0.25, 0.3) is 0 Å². The van der Waals surface area contributed by atoms with E-state index in [1.807, 2.05) is 12.1 Å². The fourth-order valence-electron chi connectivity index (χ4n) is 1.33. The van der Waals surface area contributed by atoms with Crippen molar-refractivity contribution >= 4 is 43.6 Å². The molecule has 0 unspecified atom stereocenters. The molecule has 0 saturated heterocycles. The first-order valence-electron chi connectivity index (χ1n) is 3.97. The number of fused-ring (bicyclic) bond motifs is 1. The number of aldehydes is 1. The number of thiophene rings is 1. The van der Waals surface area contributed by atoms with Gasteiger partial charge in [0.2, 0.25) is 0 Å². The predicted octanol–water partition coefficient (Wildman–Crippen LogP) is 3.48. The second kappa shape index (κ2) is 3.71. The Kier molecular flexibility index (Phi) is 2.56. The standard InChI is InChI=1S/C10H7BrO2S/c1-13-9-7-4-6(5-12)2-3-8(7)14-10(9)11/h2-5H,1H3. The molecular weight excluding hydrogens is 264 g/mol. The number of benzene rings is 1. The lowest BCUT2D eigenvalue weighted by Gasteiger charge is -1.97. The first kappa shape index (κ1) is 9.68. The van der Waals surface area contributed by atoms with E-state index in [9.17, 15) is 4.79 Å². The number of halogens is 1. The molecule has 0 bridgehead atoms. The summed E-state index contributed by atoms with van der Waals surface area (Å²) in [7, 11) is 1.62. The molecule has 0 amide bonds. The first-order valence-corrected chi connectivity index (χ1v) is 5.58. The fraction of sp³-hybridized carbons (Fsp3) is 0.100. The van der Waals surface area contributed by atoms with Crippen molar-refractivity contribution in [1.29, 1.82) is 0 Å². The molecule has 0 fully saturated rings. The van der Waals surface area contributed by atoms with Gasteiger partial charge in [-0.2, -0.15) is 0 Å². The maximum absolute atomic E-state index is 10.6. The lowest BCUT2D eigenvalue weighted by atomic mass is 10.2. The van der Waals surface area contributed by atoms with Crippen molar-refractivity contribution < 1.29 is 9.53 Å². The molecule has 0 atom stereocenters. The molecule has 2 nitrogen and oxygen atoms in total. The van der Waals surface area contributed by atoms with E-state index in [0.717, 1.165) is 25.9 Å². The van der Waals surface area contributed by atoms with Crippen LogP contribution in [0.3, 0.4) is 0 Å². The van der Waals surface area contributed by atoms with Gasteiger partial charge in [-0.1, -0.05) is 6.07 Å². The molecule has 14 heavy (non-hydrogen) atoms. The van der Waals surface area contributed by atoms with Gasteiger partial charge in [0, 0.05) is 15.6 Å². The summed E-state index contributed by atoms with van der Waals surface area (Å²) in [4.78, 5) is 10.6. The van der Waals surface area contributed by atoms with Crippen LogP contribution in [0.4, 0.5) is 0 Å². The zero-order valence-corrected chi connectivity index (χ0v) is 9.81.